The molecule has 0 aliphatic heterocycles. The molecule has 0 spiro atoms. The summed E-state index contributed by atoms with van der Waals surface area (Å²) in [4.78, 5) is 22.8. The fourth-order valence-corrected chi connectivity index (χ4v) is 5.54. The minimum atomic E-state index is -2.01. The van der Waals surface area contributed by atoms with Crippen molar-refractivity contribution in [2.75, 3.05) is 25.0 Å². The van der Waals surface area contributed by atoms with Crippen molar-refractivity contribution in [1.29, 1.82) is 0 Å². The van der Waals surface area contributed by atoms with E-state index in [0.717, 1.165) is 0 Å². The van der Waals surface area contributed by atoms with Gasteiger partial charge in [0.1, 0.15) is 10.8 Å². The van der Waals surface area contributed by atoms with E-state index < -0.39 is 25.8 Å². The van der Waals surface area contributed by atoms with E-state index >= 15 is 4.39 Å². The van der Waals surface area contributed by atoms with Gasteiger partial charge in [0.15, 0.2) is 20.0 Å². The van der Waals surface area contributed by atoms with Crippen LogP contribution >= 0.6 is 34.8 Å². The van der Waals surface area contributed by atoms with Crippen LogP contribution < -0.4 is 5.32 Å². The van der Waals surface area contributed by atoms with E-state index in [0.29, 0.717) is 40.6 Å². The van der Waals surface area contributed by atoms with Gasteiger partial charge in [-0.05, 0) is 69.1 Å². The average molecular weight is 670 g/mol. The molecule has 0 saturated heterocycles. The van der Waals surface area contributed by atoms with Crippen molar-refractivity contribution >= 4 is 60.7 Å². The molecule has 7 nitrogen and oxygen atoms in total. The third-order valence-electron chi connectivity index (χ3n) is 7.29. The summed E-state index contributed by atoms with van der Waals surface area (Å²) < 4.78 is 27.7. The van der Waals surface area contributed by atoms with Crippen molar-refractivity contribution in [2.24, 2.45) is 0 Å². The van der Waals surface area contributed by atoms with Crippen LogP contribution in [-0.2, 0) is 15.6 Å². The molecule has 0 fully saturated rings. The summed E-state index contributed by atoms with van der Waals surface area (Å²) in [5.41, 5.74) is 1.34. The molecule has 3 rings (SSSR count). The quantitative estimate of drug-likeness (QED) is 0.171. The number of ether oxygens (including phenoxy) is 1. The van der Waals surface area contributed by atoms with E-state index in [1.165, 1.54) is 12.4 Å². The van der Waals surface area contributed by atoms with E-state index in [1.807, 2.05) is 20.8 Å². The number of aromatic nitrogens is 2. The molecule has 43 heavy (non-hydrogen) atoms. The Morgan fingerprint density at radius 3 is 2.26 bits per heavy atom. The van der Waals surface area contributed by atoms with E-state index in [2.05, 4.69) is 49.1 Å². The van der Waals surface area contributed by atoms with Gasteiger partial charge in [-0.1, -0.05) is 67.7 Å². The standard InChI is InChI=1S/C31H40Cl3FN4O3Si/c1-30(2,3)42-29(40)39(18-19-41-43(7,8)31(4,5)6)17-14-20-12-15-37-28(26(20)35)38-23-11-9-10-21(24(23)32)22-13-16-36-27(34)25(22)33/h9-13,15-16H,14,17-19H2,1-8H3,(H,37,38). The monoisotopic (exact) mass is 668 g/mol. The Hall–Kier alpha value is -2.43. The minimum Gasteiger partial charge on any atom is -0.444 e. The van der Waals surface area contributed by atoms with Crippen molar-refractivity contribution in [3.05, 3.63) is 69.3 Å². The molecule has 234 valence electrons. The summed E-state index contributed by atoms with van der Waals surface area (Å²) in [6, 6.07) is 8.55. The number of benzene rings is 1. The van der Waals surface area contributed by atoms with E-state index in [-0.39, 0.29) is 34.0 Å². The van der Waals surface area contributed by atoms with Crippen molar-refractivity contribution in [3.63, 3.8) is 0 Å². The van der Waals surface area contributed by atoms with Crippen LogP contribution in [0.4, 0.5) is 20.7 Å². The van der Waals surface area contributed by atoms with E-state index in [4.69, 9.17) is 44.0 Å². The highest BCUT2D eigenvalue weighted by molar-refractivity contribution is 6.74. The smallest absolute Gasteiger partial charge is 0.410 e. The van der Waals surface area contributed by atoms with Gasteiger partial charge in [-0.2, -0.15) is 0 Å². The summed E-state index contributed by atoms with van der Waals surface area (Å²) in [7, 11) is -2.01. The van der Waals surface area contributed by atoms with Gasteiger partial charge in [0, 0.05) is 36.6 Å². The Kier molecular flexibility index (Phi) is 11.5. The first-order chi connectivity index (χ1) is 19.9. The van der Waals surface area contributed by atoms with Crippen LogP contribution in [0.2, 0.25) is 33.3 Å². The zero-order valence-corrected chi connectivity index (χ0v) is 29.2. The number of nitrogens with zero attached hydrogens (tertiary/aromatic N) is 3. The van der Waals surface area contributed by atoms with Gasteiger partial charge in [-0.15, -0.1) is 0 Å². The summed E-state index contributed by atoms with van der Waals surface area (Å²) >= 11 is 19.2. The summed E-state index contributed by atoms with van der Waals surface area (Å²) in [6.07, 6.45) is 2.81. The van der Waals surface area contributed by atoms with Crippen molar-refractivity contribution in [1.82, 2.24) is 14.9 Å². The van der Waals surface area contributed by atoms with Crippen LogP contribution in [0.5, 0.6) is 0 Å². The number of hydrogen-bond acceptors (Lipinski definition) is 6. The molecule has 1 aromatic carbocycles. The lowest BCUT2D eigenvalue weighted by Gasteiger charge is -2.37. The molecule has 0 unspecified atom stereocenters. The van der Waals surface area contributed by atoms with E-state index in [9.17, 15) is 4.79 Å². The molecule has 3 aromatic rings. The van der Waals surface area contributed by atoms with Crippen molar-refractivity contribution < 1.29 is 18.3 Å². The number of nitrogens with one attached hydrogen (secondary N) is 1. The van der Waals surface area contributed by atoms with Crippen LogP contribution in [0.3, 0.4) is 0 Å². The first-order valence-corrected chi connectivity index (χ1v) is 18.1. The number of amides is 1. The van der Waals surface area contributed by atoms with E-state index in [1.54, 1.807) is 35.2 Å². The van der Waals surface area contributed by atoms with Crippen LogP contribution in [0.1, 0.15) is 47.1 Å². The van der Waals surface area contributed by atoms with Gasteiger partial charge in [0.2, 0.25) is 0 Å². The Morgan fingerprint density at radius 2 is 1.60 bits per heavy atom. The van der Waals surface area contributed by atoms with Gasteiger partial charge in [0.05, 0.1) is 22.3 Å². The molecule has 1 amide bonds. The summed E-state index contributed by atoms with van der Waals surface area (Å²) in [6.45, 7) is 17.2. The van der Waals surface area contributed by atoms with Gasteiger partial charge in [-0.25, -0.2) is 19.2 Å². The number of hydrogen-bond donors (Lipinski definition) is 1. The Morgan fingerprint density at radius 1 is 0.953 bits per heavy atom. The number of carbonyl (C=O) groups is 1. The van der Waals surface area contributed by atoms with Gasteiger partial charge < -0.3 is 19.4 Å². The normalized spacial score (nSPS) is 12.3. The van der Waals surface area contributed by atoms with Gasteiger partial charge in [0.25, 0.3) is 0 Å². The highest BCUT2D eigenvalue weighted by Crippen LogP contribution is 2.40. The molecule has 0 saturated carbocycles. The summed E-state index contributed by atoms with van der Waals surface area (Å²) in [5, 5.41) is 3.77. The number of halogens is 4. The maximum Gasteiger partial charge on any atom is 0.410 e. The average Bonchev–Trinajstić information content (AvgIpc) is 2.89. The Balaban J connectivity index is 1.79. The lowest BCUT2D eigenvalue weighted by Crippen LogP contribution is -2.44. The lowest BCUT2D eigenvalue weighted by molar-refractivity contribution is 0.0224. The van der Waals surface area contributed by atoms with Crippen LogP contribution in [0.25, 0.3) is 11.1 Å². The maximum atomic E-state index is 15.7. The molecule has 0 radical (unpaired) electrons. The number of carbonyl (C=O) groups excluding carboxylic acids is 1. The second-order valence-corrected chi connectivity index (χ2v) is 18.6. The SMILES string of the molecule is CC(C)(C)OC(=O)N(CCO[Si](C)(C)C(C)(C)C)CCc1ccnc(Nc2cccc(-c3ccnc(Cl)c3Cl)c2Cl)c1F. The van der Waals surface area contributed by atoms with Crippen molar-refractivity contribution in [2.45, 2.75) is 71.7 Å². The van der Waals surface area contributed by atoms with Crippen LogP contribution in [0, 0.1) is 5.82 Å². The third kappa shape index (κ3) is 9.28. The molecule has 0 atom stereocenters. The second kappa shape index (κ2) is 14.1. The molecule has 12 heteroatoms. The first-order valence-electron chi connectivity index (χ1n) is 14.0. The van der Waals surface area contributed by atoms with Gasteiger partial charge >= 0.3 is 6.09 Å². The zero-order valence-electron chi connectivity index (χ0n) is 25.9. The largest absolute Gasteiger partial charge is 0.444 e. The highest BCUT2D eigenvalue weighted by Gasteiger charge is 2.37. The Bertz CT molecular complexity index is 1440. The maximum absolute atomic E-state index is 15.7. The molecule has 2 heterocycles. The van der Waals surface area contributed by atoms with Crippen LogP contribution in [0.15, 0.2) is 42.7 Å². The number of pyridine rings is 2. The third-order valence-corrected chi connectivity index (χ3v) is 13.0. The lowest BCUT2D eigenvalue weighted by atomic mass is 10.1. The molecule has 2 aromatic heterocycles. The minimum absolute atomic E-state index is 0.000450. The molecule has 0 aliphatic rings. The molecule has 1 N–H and O–H groups in total. The number of anilines is 2. The fourth-order valence-electron chi connectivity index (χ4n) is 3.86. The topological polar surface area (TPSA) is 76.6 Å². The van der Waals surface area contributed by atoms with Crippen LogP contribution in [-0.4, -0.2) is 54.6 Å². The highest BCUT2D eigenvalue weighted by atomic mass is 35.5. The molecule has 0 bridgehead atoms. The molecular weight excluding hydrogens is 630 g/mol. The molecule has 0 aliphatic carbocycles. The Labute approximate surface area is 270 Å². The number of rotatable bonds is 10. The molecular formula is C31H40Cl3FN4O3Si. The second-order valence-electron chi connectivity index (χ2n) is 12.7. The van der Waals surface area contributed by atoms with Crippen molar-refractivity contribution in [3.8, 4) is 11.1 Å². The predicted molar refractivity (Wildman–Crippen MR) is 177 cm³/mol. The predicted octanol–water partition coefficient (Wildman–Crippen LogP) is 9.79. The fraction of sp³-hybridized carbons (Fsp3) is 0.452. The first kappa shape index (κ1) is 35.1. The van der Waals surface area contributed by atoms with Gasteiger partial charge in [-0.3, -0.25) is 0 Å². The summed E-state index contributed by atoms with van der Waals surface area (Å²) in [5.74, 6) is -0.545. The zero-order chi connectivity index (χ0) is 32.2.